The fraction of sp³-hybridized carbons (Fsp3) is 0.962. The maximum absolute atomic E-state index is 14.4. The molecule has 0 heterocycles. The summed E-state index contributed by atoms with van der Waals surface area (Å²) in [6.45, 7) is 2.58. The molecule has 156 valence electrons. The Morgan fingerprint density at radius 1 is 0.714 bits per heavy atom. The van der Waals surface area contributed by atoms with E-state index in [1.54, 1.807) is 0 Å². The molecule has 6 rings (SSSR count). The highest BCUT2D eigenvalue weighted by Gasteiger charge is 2.81. The summed E-state index contributed by atoms with van der Waals surface area (Å²) in [5, 5.41) is 11.3. The van der Waals surface area contributed by atoms with Crippen LogP contribution in [0.1, 0.15) is 103 Å². The minimum Gasteiger partial charge on any atom is -0.393 e. The maximum atomic E-state index is 14.4. The molecule has 0 amide bonds. The van der Waals surface area contributed by atoms with Gasteiger partial charge in [0.05, 0.1) is 6.10 Å². The minimum atomic E-state index is -0.218. The van der Waals surface area contributed by atoms with Crippen LogP contribution in [0.2, 0.25) is 0 Å². The van der Waals surface area contributed by atoms with Crippen LogP contribution in [0, 0.1) is 45.8 Å². The first-order chi connectivity index (χ1) is 13.6. The monoisotopic (exact) mass is 384 g/mol. The van der Waals surface area contributed by atoms with E-state index in [0.29, 0.717) is 11.7 Å². The zero-order chi connectivity index (χ0) is 19.1. The second-order valence-electron chi connectivity index (χ2n) is 12.0. The molecule has 0 aromatic rings. The summed E-state index contributed by atoms with van der Waals surface area (Å²) in [5.74, 6) is 3.82. The summed E-state index contributed by atoms with van der Waals surface area (Å²) in [6, 6.07) is 0. The van der Waals surface area contributed by atoms with Gasteiger partial charge in [0.25, 0.3) is 0 Å². The fourth-order valence-corrected chi connectivity index (χ4v) is 10.1. The lowest BCUT2D eigenvalue weighted by Crippen LogP contribution is -2.63. The molecule has 0 aliphatic heterocycles. The van der Waals surface area contributed by atoms with E-state index >= 15 is 0 Å². The van der Waals surface area contributed by atoms with Gasteiger partial charge in [-0.15, -0.1) is 0 Å². The third kappa shape index (κ3) is 2.02. The van der Waals surface area contributed by atoms with Gasteiger partial charge in [-0.1, -0.05) is 32.6 Å². The summed E-state index contributed by atoms with van der Waals surface area (Å²) in [7, 11) is 0. The van der Waals surface area contributed by atoms with Crippen molar-refractivity contribution in [3.05, 3.63) is 0 Å². The molecule has 28 heavy (non-hydrogen) atoms. The van der Waals surface area contributed by atoms with E-state index < -0.39 is 0 Å². The first kappa shape index (κ1) is 18.4. The van der Waals surface area contributed by atoms with Crippen molar-refractivity contribution in [2.75, 3.05) is 0 Å². The molecule has 6 fully saturated rings. The molecule has 0 aromatic heterocycles. The van der Waals surface area contributed by atoms with Gasteiger partial charge >= 0.3 is 0 Å². The van der Waals surface area contributed by atoms with Crippen LogP contribution in [-0.2, 0) is 4.79 Å². The van der Waals surface area contributed by atoms with Crippen LogP contribution in [0.25, 0.3) is 0 Å². The average Bonchev–Trinajstić information content (AvgIpc) is 3.54. The van der Waals surface area contributed by atoms with Crippen molar-refractivity contribution in [2.45, 2.75) is 109 Å². The van der Waals surface area contributed by atoms with E-state index in [1.165, 1.54) is 70.6 Å². The van der Waals surface area contributed by atoms with Gasteiger partial charge in [0.15, 0.2) is 0 Å². The number of ketones is 1. The number of hydrogen-bond acceptors (Lipinski definition) is 2. The molecule has 0 aromatic carbocycles. The van der Waals surface area contributed by atoms with E-state index in [4.69, 9.17) is 0 Å². The average molecular weight is 385 g/mol. The third-order valence-corrected chi connectivity index (χ3v) is 11.1. The summed E-state index contributed by atoms with van der Waals surface area (Å²) < 4.78 is 0. The Morgan fingerprint density at radius 3 is 1.79 bits per heavy atom. The Hall–Kier alpha value is -0.370. The molecule has 2 heteroatoms. The van der Waals surface area contributed by atoms with E-state index in [2.05, 4.69) is 6.92 Å². The minimum absolute atomic E-state index is 0.178. The zero-order valence-corrected chi connectivity index (χ0v) is 17.9. The summed E-state index contributed by atoms with van der Waals surface area (Å²) in [6.07, 6.45) is 18.5. The van der Waals surface area contributed by atoms with Crippen LogP contribution in [0.4, 0.5) is 0 Å². The molecule has 6 aliphatic carbocycles. The van der Waals surface area contributed by atoms with Crippen LogP contribution in [0.3, 0.4) is 0 Å². The van der Waals surface area contributed by atoms with Gasteiger partial charge in [0, 0.05) is 11.8 Å². The van der Waals surface area contributed by atoms with Crippen LogP contribution in [0.15, 0.2) is 0 Å². The summed E-state index contributed by atoms with van der Waals surface area (Å²) >= 11 is 0. The van der Waals surface area contributed by atoms with Crippen LogP contribution >= 0.6 is 0 Å². The molecule has 0 spiro atoms. The Balaban J connectivity index is 1.61. The topological polar surface area (TPSA) is 37.3 Å². The van der Waals surface area contributed by atoms with Crippen molar-refractivity contribution < 1.29 is 9.90 Å². The number of hydrogen-bond donors (Lipinski definition) is 1. The Morgan fingerprint density at radius 2 is 1.29 bits per heavy atom. The SMILES string of the molecule is CC1(C2CC2)CC(=O)C(C2CCCC2)(C2CCCC2O)C1(C1CCC1)C1CC1. The Labute approximate surface area is 171 Å². The van der Waals surface area contributed by atoms with Gasteiger partial charge < -0.3 is 5.11 Å². The Bertz CT molecular complexity index is 653. The molecule has 5 atom stereocenters. The van der Waals surface area contributed by atoms with Gasteiger partial charge in [-0.3, -0.25) is 4.79 Å². The Kier molecular flexibility index (Phi) is 4.00. The summed E-state index contributed by atoms with van der Waals surface area (Å²) in [4.78, 5) is 14.4. The predicted octanol–water partition coefficient (Wildman–Crippen LogP) is 5.91. The largest absolute Gasteiger partial charge is 0.393 e. The number of Topliss-reactive ketones (excluding diaryl/α,β-unsaturated/α-hetero) is 1. The fourth-order valence-electron chi connectivity index (χ4n) is 10.1. The van der Waals surface area contributed by atoms with Crippen LogP contribution in [-0.4, -0.2) is 17.0 Å². The molecule has 0 radical (unpaired) electrons. The van der Waals surface area contributed by atoms with Gasteiger partial charge in [-0.25, -0.2) is 0 Å². The van der Waals surface area contributed by atoms with Gasteiger partial charge in [0.2, 0.25) is 0 Å². The number of carbonyl (C=O) groups excluding carboxylic acids is 1. The van der Waals surface area contributed by atoms with E-state index in [9.17, 15) is 9.90 Å². The van der Waals surface area contributed by atoms with Gasteiger partial charge in [0.1, 0.15) is 5.78 Å². The third-order valence-electron chi connectivity index (χ3n) is 11.1. The van der Waals surface area contributed by atoms with Crippen LogP contribution in [0.5, 0.6) is 0 Å². The van der Waals surface area contributed by atoms with Crippen molar-refractivity contribution in [2.24, 2.45) is 45.8 Å². The maximum Gasteiger partial charge on any atom is 0.140 e. The molecule has 6 aliphatic rings. The molecule has 6 saturated carbocycles. The molecule has 1 N–H and O–H groups in total. The highest BCUT2D eigenvalue weighted by Crippen LogP contribution is 2.83. The lowest BCUT2D eigenvalue weighted by Gasteiger charge is -2.64. The molecule has 2 nitrogen and oxygen atoms in total. The molecule has 0 bridgehead atoms. The zero-order valence-electron chi connectivity index (χ0n) is 17.9. The quantitative estimate of drug-likeness (QED) is 0.640. The van der Waals surface area contributed by atoms with Gasteiger partial charge in [-0.05, 0) is 105 Å². The van der Waals surface area contributed by atoms with E-state index in [-0.39, 0.29) is 28.3 Å². The van der Waals surface area contributed by atoms with Crippen molar-refractivity contribution in [1.82, 2.24) is 0 Å². The predicted molar refractivity (Wildman–Crippen MR) is 111 cm³/mol. The normalized spacial score (nSPS) is 50.4. The number of aliphatic hydroxyl groups excluding tert-OH is 1. The molecule has 5 unspecified atom stereocenters. The van der Waals surface area contributed by atoms with Crippen molar-refractivity contribution in [3.8, 4) is 0 Å². The van der Waals surface area contributed by atoms with Crippen LogP contribution < -0.4 is 0 Å². The first-order valence-corrected chi connectivity index (χ1v) is 12.8. The van der Waals surface area contributed by atoms with Crippen molar-refractivity contribution >= 4 is 5.78 Å². The van der Waals surface area contributed by atoms with E-state index in [0.717, 1.165) is 43.4 Å². The van der Waals surface area contributed by atoms with Gasteiger partial charge in [-0.2, -0.15) is 0 Å². The smallest absolute Gasteiger partial charge is 0.140 e. The number of aliphatic hydroxyl groups is 1. The number of rotatable bonds is 5. The lowest BCUT2D eigenvalue weighted by molar-refractivity contribution is -0.193. The van der Waals surface area contributed by atoms with Crippen molar-refractivity contribution in [3.63, 3.8) is 0 Å². The first-order valence-electron chi connectivity index (χ1n) is 12.8. The second kappa shape index (κ2) is 6.08. The summed E-state index contributed by atoms with van der Waals surface area (Å²) in [5.41, 5.74) is 0.270. The lowest BCUT2D eigenvalue weighted by atomic mass is 9.38. The highest BCUT2D eigenvalue weighted by molar-refractivity contribution is 5.91. The number of carbonyl (C=O) groups is 1. The molecule has 0 saturated heterocycles. The van der Waals surface area contributed by atoms with E-state index in [1.807, 2.05) is 0 Å². The van der Waals surface area contributed by atoms with Crippen molar-refractivity contribution in [1.29, 1.82) is 0 Å². The second-order valence-corrected chi connectivity index (χ2v) is 12.0. The molecular weight excluding hydrogens is 344 g/mol. The highest BCUT2D eigenvalue weighted by atomic mass is 16.3. The standard InChI is InChI=1S/C26H40O2/c1-24(17-12-13-17)16-23(28)25(18-6-2-3-7-18,21-10-5-11-22(21)27)26(24,20-14-15-20)19-8-4-9-19/h17-22,27H,2-16H2,1H3. The molecular formula is C26H40O2.